The molecule has 4 aromatic rings. The second-order valence-electron chi connectivity index (χ2n) is 15.8. The van der Waals surface area contributed by atoms with Crippen LogP contribution in [-0.4, -0.2) is 120 Å². The fourth-order valence-corrected chi connectivity index (χ4v) is 9.79. The van der Waals surface area contributed by atoms with Gasteiger partial charge in [0.25, 0.3) is 11.8 Å². The van der Waals surface area contributed by atoms with Gasteiger partial charge in [-0.3, -0.25) is 39.2 Å². The first-order valence-electron chi connectivity index (χ1n) is 19.9. The van der Waals surface area contributed by atoms with E-state index in [-0.39, 0.29) is 30.5 Å². The van der Waals surface area contributed by atoms with Crippen LogP contribution in [0.2, 0.25) is 5.02 Å². The van der Waals surface area contributed by atoms with Crippen LogP contribution in [0.25, 0.3) is 0 Å². The van der Waals surface area contributed by atoms with Gasteiger partial charge in [-0.2, -0.15) is 4.98 Å². The molecule has 18 heteroatoms. The molecular formula is C42H46ClFN9O6P. The van der Waals surface area contributed by atoms with Gasteiger partial charge in [0.2, 0.25) is 17.8 Å². The molecule has 4 aliphatic rings. The molecule has 3 N–H and O–H groups in total. The normalized spacial score (nSPS) is 19.4. The molecule has 0 bridgehead atoms. The lowest BCUT2D eigenvalue weighted by atomic mass is 10.0. The van der Waals surface area contributed by atoms with Crippen LogP contribution in [0.15, 0.2) is 60.8 Å². The number of fused-ring (bicyclic) bond motifs is 1. The van der Waals surface area contributed by atoms with Gasteiger partial charge in [-0.1, -0.05) is 29.8 Å². The number of ether oxygens (including phenoxy) is 1. The number of nitrogens with one attached hydrogen (secondary N) is 3. The van der Waals surface area contributed by atoms with Crippen LogP contribution in [0.1, 0.15) is 52.0 Å². The fraction of sp³-hybridized carbons (Fsp3) is 0.381. The highest BCUT2D eigenvalue weighted by Crippen LogP contribution is 2.39. The Bertz CT molecular complexity index is 2420. The average Bonchev–Trinajstić information content (AvgIpc) is 3.49. The smallest absolute Gasteiger partial charge is 0.265 e. The maximum Gasteiger partial charge on any atom is 0.265 e. The summed E-state index contributed by atoms with van der Waals surface area (Å²) in [6, 6.07) is 15.6. The zero-order valence-corrected chi connectivity index (χ0v) is 35.2. The van der Waals surface area contributed by atoms with Crippen LogP contribution >= 0.6 is 18.7 Å². The molecule has 4 amide bonds. The van der Waals surface area contributed by atoms with Crippen LogP contribution in [0.3, 0.4) is 0 Å². The number of carbonyl (C=O) groups is 4. The van der Waals surface area contributed by atoms with Crippen LogP contribution in [0.4, 0.5) is 33.2 Å². The SMILES string of the molecule is COc1cc(N2CCC(N3CCN(Cc4ccc5c(c4F)C(=O)N(C4CCC(=O)NC4=O)C5=O)CC3)CC2)ccc1Nc1ncc(Cl)c(Nc2ccccc2P(C)(C)=O)n1. The number of amides is 4. The van der Waals surface area contributed by atoms with Gasteiger partial charge in [-0.25, -0.2) is 9.37 Å². The maximum absolute atomic E-state index is 15.9. The van der Waals surface area contributed by atoms with Gasteiger partial charge < -0.3 is 24.8 Å². The average molecular weight is 858 g/mol. The number of piperidine rings is 2. The molecule has 1 atom stereocenters. The Balaban J connectivity index is 0.844. The van der Waals surface area contributed by atoms with Crippen molar-refractivity contribution in [3.8, 4) is 5.75 Å². The van der Waals surface area contributed by atoms with Crippen molar-refractivity contribution < 1.29 is 32.9 Å². The first-order chi connectivity index (χ1) is 28.8. The van der Waals surface area contributed by atoms with E-state index in [9.17, 15) is 23.7 Å². The van der Waals surface area contributed by atoms with Crippen molar-refractivity contribution in [2.45, 2.75) is 44.3 Å². The standard InChI is InChI=1S/C42H46ClFN9O6P/c1-59-33-22-27(9-11-30(33)47-42-45-23-29(43)38(49-42)46-31-6-4-5-7-34(31)60(2,3)58)51-16-14-26(15-17-51)52-20-18-50(19-21-52)24-25-8-10-28-36(37(25)44)41(57)53(40(28)56)32-12-13-35(54)48-39(32)55/h4-11,22-23,26,32H,12-21,24H2,1-3H3,(H,48,54,55)(H2,45,46,47,49). The van der Waals surface area contributed by atoms with Gasteiger partial charge in [0, 0.05) is 80.9 Å². The number of aromatic nitrogens is 2. The third kappa shape index (κ3) is 8.33. The summed E-state index contributed by atoms with van der Waals surface area (Å²) in [7, 11) is -0.950. The Hall–Kier alpha value is -5.41. The van der Waals surface area contributed by atoms with Crippen molar-refractivity contribution in [1.82, 2.24) is 30.0 Å². The minimum Gasteiger partial charge on any atom is -0.494 e. The van der Waals surface area contributed by atoms with Gasteiger partial charge in [0.15, 0.2) is 5.82 Å². The number of para-hydroxylation sites is 1. The van der Waals surface area contributed by atoms with Crippen molar-refractivity contribution in [3.63, 3.8) is 0 Å². The number of benzene rings is 3. The number of piperazine rings is 1. The van der Waals surface area contributed by atoms with E-state index in [4.69, 9.17) is 16.3 Å². The lowest BCUT2D eigenvalue weighted by Gasteiger charge is -2.43. The molecule has 3 fully saturated rings. The highest BCUT2D eigenvalue weighted by atomic mass is 35.5. The first-order valence-corrected chi connectivity index (χ1v) is 22.9. The maximum atomic E-state index is 15.9. The molecule has 1 unspecified atom stereocenters. The third-order valence-corrected chi connectivity index (χ3v) is 13.5. The van der Waals surface area contributed by atoms with Gasteiger partial charge in [-0.15, -0.1) is 0 Å². The molecule has 0 radical (unpaired) electrons. The molecule has 8 rings (SSSR count). The van der Waals surface area contributed by atoms with E-state index < -0.39 is 42.6 Å². The van der Waals surface area contributed by atoms with Crippen molar-refractivity contribution in [2.24, 2.45) is 0 Å². The molecule has 15 nitrogen and oxygen atoms in total. The zero-order chi connectivity index (χ0) is 42.3. The van der Waals surface area contributed by atoms with E-state index in [0.29, 0.717) is 50.8 Å². The topological polar surface area (TPSA) is 169 Å². The van der Waals surface area contributed by atoms with Crippen molar-refractivity contribution in [2.75, 3.05) is 75.2 Å². The summed E-state index contributed by atoms with van der Waals surface area (Å²) in [6.45, 7) is 8.53. The Labute approximate surface area is 352 Å². The molecule has 3 saturated heterocycles. The van der Waals surface area contributed by atoms with E-state index in [1.807, 2.05) is 42.5 Å². The Morgan fingerprint density at radius 1 is 0.917 bits per heavy atom. The van der Waals surface area contributed by atoms with Gasteiger partial charge in [0.1, 0.15) is 29.8 Å². The van der Waals surface area contributed by atoms with E-state index >= 15 is 4.39 Å². The van der Waals surface area contributed by atoms with E-state index in [0.717, 1.165) is 62.7 Å². The highest BCUT2D eigenvalue weighted by Gasteiger charge is 2.46. The van der Waals surface area contributed by atoms with Gasteiger partial charge in [0.05, 0.1) is 35.8 Å². The number of imide groups is 2. The number of rotatable bonds is 11. The van der Waals surface area contributed by atoms with Crippen LogP contribution in [0.5, 0.6) is 5.75 Å². The largest absolute Gasteiger partial charge is 0.494 e. The minimum absolute atomic E-state index is 0.00369. The second kappa shape index (κ2) is 16.9. The van der Waals surface area contributed by atoms with Crippen LogP contribution in [0, 0.1) is 5.82 Å². The molecule has 3 aromatic carbocycles. The number of carbonyl (C=O) groups excluding carboxylic acids is 4. The molecule has 0 spiro atoms. The van der Waals surface area contributed by atoms with E-state index in [1.54, 1.807) is 26.5 Å². The molecule has 0 saturated carbocycles. The Kier molecular flexibility index (Phi) is 11.7. The Morgan fingerprint density at radius 3 is 2.38 bits per heavy atom. The lowest BCUT2D eigenvalue weighted by Crippen LogP contribution is -2.54. The summed E-state index contributed by atoms with van der Waals surface area (Å²) in [5, 5.41) is 9.66. The number of halogens is 2. The fourth-order valence-electron chi connectivity index (χ4n) is 8.49. The number of methoxy groups -OCH3 is 1. The van der Waals surface area contributed by atoms with Gasteiger partial charge in [-0.05, 0) is 62.9 Å². The molecule has 0 aliphatic carbocycles. The third-order valence-electron chi connectivity index (χ3n) is 11.7. The molecular weight excluding hydrogens is 812 g/mol. The first kappa shape index (κ1) is 41.3. The summed E-state index contributed by atoms with van der Waals surface area (Å²) >= 11 is 6.47. The molecule has 314 valence electrons. The molecule has 4 aliphatic heterocycles. The van der Waals surface area contributed by atoms with Crippen LogP contribution in [-0.2, 0) is 20.7 Å². The summed E-state index contributed by atoms with van der Waals surface area (Å²) < 4.78 is 34.6. The Morgan fingerprint density at radius 2 is 1.67 bits per heavy atom. The lowest BCUT2D eigenvalue weighted by molar-refractivity contribution is -0.136. The van der Waals surface area contributed by atoms with Crippen molar-refractivity contribution in [1.29, 1.82) is 0 Å². The molecule has 60 heavy (non-hydrogen) atoms. The van der Waals surface area contributed by atoms with Gasteiger partial charge >= 0.3 is 0 Å². The summed E-state index contributed by atoms with van der Waals surface area (Å²) in [4.78, 5) is 67.2. The zero-order valence-electron chi connectivity index (χ0n) is 33.5. The second-order valence-corrected chi connectivity index (χ2v) is 19.4. The highest BCUT2D eigenvalue weighted by molar-refractivity contribution is 7.70. The number of nitrogens with zero attached hydrogens (tertiary/aromatic N) is 6. The quantitative estimate of drug-likeness (QED) is 0.133. The van der Waals surface area contributed by atoms with E-state index in [1.165, 1.54) is 12.3 Å². The predicted molar refractivity (Wildman–Crippen MR) is 227 cm³/mol. The molecule has 1 aromatic heterocycles. The monoisotopic (exact) mass is 857 g/mol. The van der Waals surface area contributed by atoms with E-state index in [2.05, 4.69) is 40.6 Å². The van der Waals surface area contributed by atoms with Crippen molar-refractivity contribution >= 4 is 76.5 Å². The van der Waals surface area contributed by atoms with Crippen molar-refractivity contribution in [3.05, 3.63) is 88.3 Å². The summed E-state index contributed by atoms with van der Waals surface area (Å²) in [6.07, 6.45) is 3.47. The van der Waals surface area contributed by atoms with Crippen LogP contribution < -0.4 is 30.9 Å². The molecule has 5 heterocycles. The number of hydrogen-bond acceptors (Lipinski definition) is 13. The number of hydrogen-bond donors (Lipinski definition) is 3. The predicted octanol–water partition coefficient (Wildman–Crippen LogP) is 5.20. The summed E-state index contributed by atoms with van der Waals surface area (Å²) in [5.74, 6) is -2.17. The summed E-state index contributed by atoms with van der Waals surface area (Å²) in [5.41, 5.74) is 2.34. The number of anilines is 5. The minimum atomic E-state index is -2.57.